The molecule has 0 saturated heterocycles. The van der Waals surface area contributed by atoms with Gasteiger partial charge in [0.1, 0.15) is 12.1 Å². The molecule has 1 N–H and O–H groups in total. The molecule has 2 aromatic rings. The lowest BCUT2D eigenvalue weighted by molar-refractivity contribution is -0.385. The number of ether oxygens (including phenoxy) is 1. The van der Waals surface area contributed by atoms with Crippen LogP contribution in [0.1, 0.15) is 18.1 Å². The van der Waals surface area contributed by atoms with E-state index in [9.17, 15) is 10.1 Å². The molecule has 0 radical (unpaired) electrons. The first-order chi connectivity index (χ1) is 10.0. The Morgan fingerprint density at radius 3 is 2.71 bits per heavy atom. The molecular formula is C14H16N4O3. The van der Waals surface area contributed by atoms with Crippen molar-refractivity contribution in [2.75, 3.05) is 11.9 Å². The van der Waals surface area contributed by atoms with Crippen LogP contribution in [0.3, 0.4) is 0 Å². The van der Waals surface area contributed by atoms with E-state index in [0.29, 0.717) is 17.9 Å². The third kappa shape index (κ3) is 3.44. The highest BCUT2D eigenvalue weighted by molar-refractivity contribution is 5.55. The van der Waals surface area contributed by atoms with Gasteiger partial charge in [-0.25, -0.2) is 9.97 Å². The van der Waals surface area contributed by atoms with Crippen molar-refractivity contribution in [2.24, 2.45) is 0 Å². The minimum atomic E-state index is -0.457. The predicted molar refractivity (Wildman–Crippen MR) is 78.8 cm³/mol. The molecule has 0 bridgehead atoms. The summed E-state index contributed by atoms with van der Waals surface area (Å²) >= 11 is 0. The van der Waals surface area contributed by atoms with Crippen molar-refractivity contribution in [3.05, 3.63) is 45.8 Å². The fraction of sp³-hybridized carbons (Fsp3) is 0.286. The second-order valence-corrected chi connectivity index (χ2v) is 4.56. The topological polar surface area (TPSA) is 90.2 Å². The van der Waals surface area contributed by atoms with Gasteiger partial charge in [-0.05, 0) is 31.9 Å². The van der Waals surface area contributed by atoms with Gasteiger partial charge in [0.05, 0.1) is 4.92 Å². The Kier molecular flexibility index (Phi) is 4.32. The van der Waals surface area contributed by atoms with E-state index < -0.39 is 4.92 Å². The number of aryl methyl sites for hydroxylation is 2. The molecule has 1 heterocycles. The fourth-order valence-electron chi connectivity index (χ4n) is 1.98. The Bertz CT molecular complexity index is 673. The quantitative estimate of drug-likeness (QED) is 0.671. The van der Waals surface area contributed by atoms with Gasteiger partial charge in [0, 0.05) is 18.7 Å². The highest BCUT2D eigenvalue weighted by atomic mass is 16.6. The summed E-state index contributed by atoms with van der Waals surface area (Å²) in [4.78, 5) is 18.7. The van der Waals surface area contributed by atoms with Crippen LogP contribution in [0, 0.1) is 24.0 Å². The van der Waals surface area contributed by atoms with Gasteiger partial charge in [-0.15, -0.1) is 0 Å². The highest BCUT2D eigenvalue weighted by Gasteiger charge is 2.19. The molecule has 1 aromatic heterocycles. The third-order valence-electron chi connectivity index (χ3n) is 2.80. The Morgan fingerprint density at radius 1 is 1.29 bits per heavy atom. The van der Waals surface area contributed by atoms with Crippen LogP contribution in [0.15, 0.2) is 24.5 Å². The largest absolute Gasteiger partial charge is 0.431 e. The van der Waals surface area contributed by atoms with Gasteiger partial charge >= 0.3 is 5.69 Å². The van der Waals surface area contributed by atoms with Gasteiger partial charge < -0.3 is 10.1 Å². The van der Waals surface area contributed by atoms with E-state index in [0.717, 1.165) is 5.56 Å². The smallest absolute Gasteiger partial charge is 0.312 e. The number of nitrogens with one attached hydrogen (secondary N) is 1. The van der Waals surface area contributed by atoms with E-state index in [4.69, 9.17) is 4.74 Å². The van der Waals surface area contributed by atoms with E-state index in [-0.39, 0.29) is 17.3 Å². The first-order valence-electron chi connectivity index (χ1n) is 6.50. The summed E-state index contributed by atoms with van der Waals surface area (Å²) in [6.45, 7) is 6.22. The molecule has 7 nitrogen and oxygen atoms in total. The van der Waals surface area contributed by atoms with Crippen molar-refractivity contribution in [2.45, 2.75) is 20.8 Å². The molecule has 0 spiro atoms. The van der Waals surface area contributed by atoms with Crippen LogP contribution in [-0.4, -0.2) is 21.4 Å². The zero-order valence-electron chi connectivity index (χ0n) is 12.1. The van der Waals surface area contributed by atoms with E-state index in [1.165, 1.54) is 12.4 Å². The average molecular weight is 288 g/mol. The summed E-state index contributed by atoms with van der Waals surface area (Å²) in [6, 6.07) is 4.91. The van der Waals surface area contributed by atoms with Gasteiger partial charge in [-0.2, -0.15) is 0 Å². The number of hydrogen-bond donors (Lipinski definition) is 1. The first-order valence-corrected chi connectivity index (χ1v) is 6.50. The number of anilines is 1. The minimum absolute atomic E-state index is 0.0730. The van der Waals surface area contributed by atoms with E-state index in [1.54, 1.807) is 19.9 Å². The number of rotatable bonds is 5. The molecular weight excluding hydrogens is 272 g/mol. The van der Waals surface area contributed by atoms with Crippen LogP contribution < -0.4 is 10.1 Å². The van der Waals surface area contributed by atoms with Crippen LogP contribution in [0.25, 0.3) is 0 Å². The van der Waals surface area contributed by atoms with Gasteiger partial charge in [0.15, 0.2) is 0 Å². The Morgan fingerprint density at radius 2 is 2.05 bits per heavy atom. The molecule has 0 fully saturated rings. The number of hydrogen-bond acceptors (Lipinski definition) is 6. The van der Waals surface area contributed by atoms with Crippen LogP contribution in [0.5, 0.6) is 11.6 Å². The third-order valence-corrected chi connectivity index (χ3v) is 2.80. The summed E-state index contributed by atoms with van der Waals surface area (Å²) in [5.41, 5.74) is 1.42. The van der Waals surface area contributed by atoms with E-state index in [2.05, 4.69) is 15.3 Å². The molecule has 0 saturated carbocycles. The molecule has 2 rings (SSSR count). The monoisotopic (exact) mass is 288 g/mol. The first kappa shape index (κ1) is 14.7. The molecule has 7 heteroatoms. The maximum Gasteiger partial charge on any atom is 0.312 e. The Labute approximate surface area is 122 Å². The lowest BCUT2D eigenvalue weighted by Gasteiger charge is -2.10. The zero-order valence-corrected chi connectivity index (χ0v) is 12.1. The summed E-state index contributed by atoms with van der Waals surface area (Å²) in [5, 5.41) is 14.2. The van der Waals surface area contributed by atoms with Gasteiger partial charge in [0.2, 0.25) is 11.6 Å². The van der Waals surface area contributed by atoms with Gasteiger partial charge in [-0.1, -0.05) is 6.07 Å². The number of nitro benzene ring substituents is 1. The van der Waals surface area contributed by atoms with Crippen LogP contribution in [0.4, 0.5) is 11.5 Å². The Hall–Kier alpha value is -2.70. The second-order valence-electron chi connectivity index (χ2n) is 4.56. The number of nitro groups is 1. The molecule has 1 aromatic carbocycles. The average Bonchev–Trinajstić information content (AvgIpc) is 2.42. The van der Waals surface area contributed by atoms with Crippen LogP contribution in [0.2, 0.25) is 0 Å². The molecule has 110 valence electrons. The SMILES string of the molecule is CCNc1cc(Oc2c(C)cc(C)cc2[N+](=O)[O-])ncn1. The molecule has 0 unspecified atom stereocenters. The number of benzene rings is 1. The molecule has 0 aliphatic rings. The maximum absolute atomic E-state index is 11.2. The van der Waals surface area contributed by atoms with Crippen molar-refractivity contribution >= 4 is 11.5 Å². The van der Waals surface area contributed by atoms with Crippen LogP contribution in [-0.2, 0) is 0 Å². The van der Waals surface area contributed by atoms with Crippen molar-refractivity contribution in [1.29, 1.82) is 0 Å². The normalized spacial score (nSPS) is 10.2. The summed E-state index contributed by atoms with van der Waals surface area (Å²) in [6.07, 6.45) is 1.35. The van der Waals surface area contributed by atoms with Crippen molar-refractivity contribution in [3.63, 3.8) is 0 Å². The summed E-state index contributed by atoms with van der Waals surface area (Å²) in [7, 11) is 0. The standard InChI is InChI=1S/C14H16N4O3/c1-4-15-12-7-13(17-8-16-12)21-14-10(3)5-9(2)6-11(14)18(19)20/h5-8H,4H2,1-3H3,(H,15,16,17). The summed E-state index contributed by atoms with van der Waals surface area (Å²) < 4.78 is 5.61. The molecule has 0 aliphatic carbocycles. The Balaban J connectivity index is 2.39. The predicted octanol–water partition coefficient (Wildman–Crippen LogP) is 3.23. The van der Waals surface area contributed by atoms with Crippen molar-refractivity contribution < 1.29 is 9.66 Å². The van der Waals surface area contributed by atoms with Gasteiger partial charge in [-0.3, -0.25) is 10.1 Å². The lowest BCUT2D eigenvalue weighted by atomic mass is 10.1. The maximum atomic E-state index is 11.2. The second kappa shape index (κ2) is 6.17. The molecule has 0 aliphatic heterocycles. The molecule has 21 heavy (non-hydrogen) atoms. The minimum Gasteiger partial charge on any atom is -0.431 e. The van der Waals surface area contributed by atoms with Crippen molar-refractivity contribution in [1.82, 2.24) is 9.97 Å². The van der Waals surface area contributed by atoms with E-state index >= 15 is 0 Å². The fourth-order valence-corrected chi connectivity index (χ4v) is 1.98. The molecule has 0 amide bonds. The van der Waals surface area contributed by atoms with E-state index in [1.807, 2.05) is 13.0 Å². The number of aromatic nitrogens is 2. The molecule has 0 atom stereocenters. The highest BCUT2D eigenvalue weighted by Crippen LogP contribution is 2.35. The van der Waals surface area contributed by atoms with Crippen LogP contribution >= 0.6 is 0 Å². The number of nitrogens with zero attached hydrogens (tertiary/aromatic N) is 3. The van der Waals surface area contributed by atoms with Gasteiger partial charge in [0.25, 0.3) is 0 Å². The zero-order chi connectivity index (χ0) is 15.4. The van der Waals surface area contributed by atoms with Crippen molar-refractivity contribution in [3.8, 4) is 11.6 Å². The lowest BCUT2D eigenvalue weighted by Crippen LogP contribution is -2.01. The summed E-state index contributed by atoms with van der Waals surface area (Å²) in [5.74, 6) is 1.07.